The summed E-state index contributed by atoms with van der Waals surface area (Å²) in [6.07, 6.45) is 0. The zero-order valence-electron chi connectivity index (χ0n) is 11.3. The predicted molar refractivity (Wildman–Crippen MR) is 81.8 cm³/mol. The molecule has 0 saturated carbocycles. The summed E-state index contributed by atoms with van der Waals surface area (Å²) in [6, 6.07) is 13.8. The van der Waals surface area contributed by atoms with Crippen LogP contribution in [-0.4, -0.2) is 31.1 Å². The summed E-state index contributed by atoms with van der Waals surface area (Å²) in [7, 11) is 0. The van der Waals surface area contributed by atoms with Gasteiger partial charge in [-0.2, -0.15) is 0 Å². The fourth-order valence-corrected chi connectivity index (χ4v) is 3.58. The van der Waals surface area contributed by atoms with Crippen molar-refractivity contribution in [1.29, 1.82) is 0 Å². The third-order valence-electron chi connectivity index (χ3n) is 3.72. The Morgan fingerprint density at radius 3 is 2.47 bits per heavy atom. The fourth-order valence-electron chi connectivity index (χ4n) is 2.69. The van der Waals surface area contributed by atoms with Gasteiger partial charge in [-0.3, -0.25) is 4.90 Å². The second-order valence-electron chi connectivity index (χ2n) is 5.11. The molecular formula is C16H20N2S. The molecule has 0 unspecified atom stereocenters. The first kappa shape index (κ1) is 12.9. The zero-order valence-corrected chi connectivity index (χ0v) is 12.1. The molecule has 1 fully saturated rings. The van der Waals surface area contributed by atoms with Crippen LogP contribution >= 0.6 is 11.3 Å². The van der Waals surface area contributed by atoms with E-state index in [1.165, 1.54) is 16.0 Å². The molecule has 19 heavy (non-hydrogen) atoms. The number of piperazine rings is 1. The fraction of sp³-hybridized carbons (Fsp3) is 0.375. The SMILES string of the molecule is Cc1ccc([C@H](c2cccs2)N2CCNCC2)cc1. The van der Waals surface area contributed by atoms with E-state index < -0.39 is 0 Å². The second-order valence-corrected chi connectivity index (χ2v) is 6.09. The van der Waals surface area contributed by atoms with Crippen molar-refractivity contribution in [3.63, 3.8) is 0 Å². The van der Waals surface area contributed by atoms with Crippen LogP contribution < -0.4 is 5.32 Å². The summed E-state index contributed by atoms with van der Waals surface area (Å²) < 4.78 is 0. The van der Waals surface area contributed by atoms with Gasteiger partial charge in [-0.05, 0) is 23.9 Å². The Morgan fingerprint density at radius 1 is 1.11 bits per heavy atom. The molecule has 1 aliphatic heterocycles. The zero-order chi connectivity index (χ0) is 13.1. The lowest BCUT2D eigenvalue weighted by Gasteiger charge is -2.34. The van der Waals surface area contributed by atoms with Crippen LogP contribution in [0.1, 0.15) is 22.0 Å². The summed E-state index contributed by atoms with van der Waals surface area (Å²) in [5, 5.41) is 5.62. The lowest BCUT2D eigenvalue weighted by molar-refractivity contribution is 0.200. The van der Waals surface area contributed by atoms with Gasteiger partial charge in [-0.25, -0.2) is 0 Å². The van der Waals surface area contributed by atoms with Crippen molar-refractivity contribution >= 4 is 11.3 Å². The maximum atomic E-state index is 3.44. The molecule has 1 aromatic carbocycles. The van der Waals surface area contributed by atoms with Crippen LogP contribution in [0.5, 0.6) is 0 Å². The van der Waals surface area contributed by atoms with Crippen LogP contribution in [0, 0.1) is 6.92 Å². The van der Waals surface area contributed by atoms with Crippen molar-refractivity contribution in [3.05, 3.63) is 57.8 Å². The first-order valence-electron chi connectivity index (χ1n) is 6.89. The Bertz CT molecular complexity index is 498. The van der Waals surface area contributed by atoms with Crippen molar-refractivity contribution in [2.75, 3.05) is 26.2 Å². The van der Waals surface area contributed by atoms with Crippen molar-refractivity contribution in [3.8, 4) is 0 Å². The molecular weight excluding hydrogens is 252 g/mol. The van der Waals surface area contributed by atoms with Crippen LogP contribution in [0.15, 0.2) is 41.8 Å². The average molecular weight is 272 g/mol. The second kappa shape index (κ2) is 5.87. The maximum Gasteiger partial charge on any atom is 0.0696 e. The molecule has 2 heterocycles. The first-order valence-corrected chi connectivity index (χ1v) is 7.77. The van der Waals surface area contributed by atoms with Gasteiger partial charge in [0.05, 0.1) is 6.04 Å². The quantitative estimate of drug-likeness (QED) is 0.924. The van der Waals surface area contributed by atoms with E-state index in [1.54, 1.807) is 0 Å². The van der Waals surface area contributed by atoms with E-state index >= 15 is 0 Å². The number of rotatable bonds is 3. The standard InChI is InChI=1S/C16H20N2S/c1-13-4-6-14(7-5-13)16(15-3-2-12-19-15)18-10-8-17-9-11-18/h2-7,12,16-17H,8-11H2,1H3/t16-/m1/s1. The van der Waals surface area contributed by atoms with Crippen molar-refractivity contribution in [2.24, 2.45) is 0 Å². The highest BCUT2D eigenvalue weighted by Gasteiger charge is 2.24. The van der Waals surface area contributed by atoms with Crippen LogP contribution in [0.2, 0.25) is 0 Å². The first-order chi connectivity index (χ1) is 9.34. The summed E-state index contributed by atoms with van der Waals surface area (Å²) in [5.74, 6) is 0. The van der Waals surface area contributed by atoms with Gasteiger partial charge in [-0.1, -0.05) is 35.9 Å². The van der Waals surface area contributed by atoms with Crippen molar-refractivity contribution < 1.29 is 0 Å². The topological polar surface area (TPSA) is 15.3 Å². The minimum Gasteiger partial charge on any atom is -0.314 e. The Hall–Kier alpha value is -1.16. The summed E-state index contributed by atoms with van der Waals surface area (Å²) >= 11 is 1.86. The highest BCUT2D eigenvalue weighted by molar-refractivity contribution is 7.10. The maximum absolute atomic E-state index is 3.44. The Balaban J connectivity index is 1.93. The predicted octanol–water partition coefficient (Wildman–Crippen LogP) is 3.05. The Labute approximate surface area is 119 Å². The van der Waals surface area contributed by atoms with Gasteiger partial charge in [0.2, 0.25) is 0 Å². The Morgan fingerprint density at radius 2 is 1.84 bits per heavy atom. The lowest BCUT2D eigenvalue weighted by atomic mass is 10.0. The van der Waals surface area contributed by atoms with Gasteiger partial charge in [0, 0.05) is 31.1 Å². The van der Waals surface area contributed by atoms with E-state index in [9.17, 15) is 0 Å². The van der Waals surface area contributed by atoms with Gasteiger partial charge in [-0.15, -0.1) is 11.3 Å². The number of aryl methyl sites for hydroxylation is 1. The van der Waals surface area contributed by atoms with Gasteiger partial charge in [0.1, 0.15) is 0 Å². The number of hydrogen-bond donors (Lipinski definition) is 1. The molecule has 0 amide bonds. The third-order valence-corrected chi connectivity index (χ3v) is 4.65. The van der Waals surface area contributed by atoms with Gasteiger partial charge in [0.15, 0.2) is 0 Å². The molecule has 0 radical (unpaired) electrons. The summed E-state index contributed by atoms with van der Waals surface area (Å²) in [6.45, 7) is 6.57. The molecule has 0 bridgehead atoms. The molecule has 2 nitrogen and oxygen atoms in total. The smallest absolute Gasteiger partial charge is 0.0696 e. The Kier molecular flexibility index (Phi) is 3.97. The van der Waals surface area contributed by atoms with Crippen LogP contribution in [0.4, 0.5) is 0 Å². The highest BCUT2D eigenvalue weighted by Crippen LogP contribution is 2.32. The van der Waals surface area contributed by atoms with E-state index in [1.807, 2.05) is 11.3 Å². The molecule has 0 aliphatic carbocycles. The van der Waals surface area contributed by atoms with Crippen molar-refractivity contribution in [1.82, 2.24) is 10.2 Å². The molecule has 2 aromatic rings. The van der Waals surface area contributed by atoms with E-state index in [4.69, 9.17) is 0 Å². The normalized spacial score (nSPS) is 18.4. The molecule has 1 N–H and O–H groups in total. The minimum absolute atomic E-state index is 0.419. The van der Waals surface area contributed by atoms with E-state index in [-0.39, 0.29) is 0 Å². The molecule has 100 valence electrons. The molecule has 1 saturated heterocycles. The number of nitrogens with zero attached hydrogens (tertiary/aromatic N) is 1. The number of hydrogen-bond acceptors (Lipinski definition) is 3. The van der Waals surface area contributed by atoms with Crippen LogP contribution in [-0.2, 0) is 0 Å². The number of thiophene rings is 1. The van der Waals surface area contributed by atoms with Gasteiger partial charge in [0.25, 0.3) is 0 Å². The number of nitrogens with one attached hydrogen (secondary N) is 1. The molecule has 1 aliphatic rings. The average Bonchev–Trinajstić information content (AvgIpc) is 2.96. The van der Waals surface area contributed by atoms with E-state index in [0.717, 1.165) is 26.2 Å². The lowest BCUT2D eigenvalue weighted by Crippen LogP contribution is -2.45. The highest BCUT2D eigenvalue weighted by atomic mass is 32.1. The monoisotopic (exact) mass is 272 g/mol. The minimum atomic E-state index is 0.419. The molecule has 3 rings (SSSR count). The van der Waals surface area contributed by atoms with Crippen LogP contribution in [0.25, 0.3) is 0 Å². The third kappa shape index (κ3) is 2.89. The van der Waals surface area contributed by atoms with Crippen molar-refractivity contribution in [2.45, 2.75) is 13.0 Å². The molecule has 0 spiro atoms. The van der Waals surface area contributed by atoms with E-state index in [2.05, 4.69) is 58.9 Å². The van der Waals surface area contributed by atoms with Gasteiger partial charge < -0.3 is 5.32 Å². The molecule has 3 heteroatoms. The molecule has 1 atom stereocenters. The molecule has 1 aromatic heterocycles. The van der Waals surface area contributed by atoms with Gasteiger partial charge >= 0.3 is 0 Å². The largest absolute Gasteiger partial charge is 0.314 e. The van der Waals surface area contributed by atoms with E-state index in [0.29, 0.717) is 6.04 Å². The summed E-state index contributed by atoms with van der Waals surface area (Å²) in [4.78, 5) is 4.04. The summed E-state index contributed by atoms with van der Waals surface area (Å²) in [5.41, 5.74) is 2.74. The van der Waals surface area contributed by atoms with Crippen LogP contribution in [0.3, 0.4) is 0 Å². The number of benzene rings is 1.